The highest BCUT2D eigenvalue weighted by atomic mass is 32.1. The van der Waals surface area contributed by atoms with Crippen LogP contribution in [0.1, 0.15) is 27.8 Å². The Labute approximate surface area is 295 Å². The van der Waals surface area contributed by atoms with Gasteiger partial charge in [0.1, 0.15) is 6.04 Å². The fourth-order valence-corrected chi connectivity index (χ4v) is 6.19. The third-order valence-corrected chi connectivity index (χ3v) is 9.10. The molecular formula is C40H39F3N4O2S. The first-order valence-electron chi connectivity index (χ1n) is 16.2. The number of halogens is 3. The maximum absolute atomic E-state index is 14.3. The molecule has 5 aromatic rings. The number of hydrogen-bond acceptors (Lipinski definition) is 5. The number of benzene rings is 3. The van der Waals surface area contributed by atoms with E-state index in [0.717, 1.165) is 41.1 Å². The van der Waals surface area contributed by atoms with Crippen molar-refractivity contribution in [3.8, 4) is 11.3 Å². The Morgan fingerprint density at radius 2 is 1.52 bits per heavy atom. The molecule has 0 aliphatic heterocycles. The van der Waals surface area contributed by atoms with Crippen LogP contribution in [0.3, 0.4) is 0 Å². The van der Waals surface area contributed by atoms with Crippen LogP contribution < -0.4 is 0 Å². The Kier molecular flexibility index (Phi) is 12.4. The van der Waals surface area contributed by atoms with Crippen molar-refractivity contribution >= 4 is 29.2 Å². The molecule has 2 heterocycles. The Morgan fingerprint density at radius 1 is 0.800 bits per heavy atom. The van der Waals surface area contributed by atoms with E-state index in [4.69, 9.17) is 0 Å². The molecule has 258 valence electrons. The number of hydrogen-bond donors (Lipinski definition) is 0. The Morgan fingerprint density at radius 3 is 2.16 bits per heavy atom. The quantitative estimate of drug-likeness (QED) is 0.110. The van der Waals surface area contributed by atoms with Crippen LogP contribution in [0.25, 0.3) is 17.3 Å². The van der Waals surface area contributed by atoms with E-state index >= 15 is 0 Å². The van der Waals surface area contributed by atoms with Crippen LogP contribution in [0.2, 0.25) is 0 Å². The van der Waals surface area contributed by atoms with Crippen molar-refractivity contribution in [2.24, 2.45) is 0 Å². The van der Waals surface area contributed by atoms with E-state index in [-0.39, 0.29) is 18.9 Å². The van der Waals surface area contributed by atoms with Gasteiger partial charge in [-0.05, 0) is 76.5 Å². The molecule has 2 aromatic heterocycles. The number of aromatic nitrogens is 1. The van der Waals surface area contributed by atoms with Gasteiger partial charge in [-0.2, -0.15) is 24.5 Å². The topological polar surface area (TPSA) is 56.8 Å². The van der Waals surface area contributed by atoms with Crippen molar-refractivity contribution in [1.82, 2.24) is 19.7 Å². The van der Waals surface area contributed by atoms with Gasteiger partial charge in [0.2, 0.25) is 11.8 Å². The van der Waals surface area contributed by atoms with E-state index in [2.05, 4.69) is 21.3 Å². The van der Waals surface area contributed by atoms with E-state index in [1.165, 1.54) is 29.8 Å². The van der Waals surface area contributed by atoms with E-state index in [9.17, 15) is 22.8 Å². The van der Waals surface area contributed by atoms with Crippen LogP contribution in [-0.2, 0) is 35.3 Å². The summed E-state index contributed by atoms with van der Waals surface area (Å²) in [6.45, 7) is 1.97. The van der Waals surface area contributed by atoms with Gasteiger partial charge >= 0.3 is 6.18 Å². The third-order valence-electron chi connectivity index (χ3n) is 8.37. The fraction of sp³-hybridized carbons (Fsp3) is 0.225. The van der Waals surface area contributed by atoms with Crippen LogP contribution in [0, 0.1) is 0 Å². The van der Waals surface area contributed by atoms with E-state index < -0.39 is 23.7 Å². The van der Waals surface area contributed by atoms with Gasteiger partial charge in [-0.1, -0.05) is 72.8 Å². The van der Waals surface area contributed by atoms with Gasteiger partial charge in [0.25, 0.3) is 0 Å². The minimum Gasteiger partial charge on any atom is -0.343 e. The minimum atomic E-state index is -4.46. The summed E-state index contributed by atoms with van der Waals surface area (Å²) in [5.74, 6) is -0.643. The second-order valence-corrected chi connectivity index (χ2v) is 12.9. The highest BCUT2D eigenvalue weighted by molar-refractivity contribution is 7.07. The molecule has 0 saturated carbocycles. The second kappa shape index (κ2) is 17.0. The van der Waals surface area contributed by atoms with Gasteiger partial charge in [-0.15, -0.1) is 0 Å². The molecule has 6 nitrogen and oxygen atoms in total. The predicted molar refractivity (Wildman–Crippen MR) is 193 cm³/mol. The molecule has 0 radical (unpaired) electrons. The van der Waals surface area contributed by atoms with Gasteiger partial charge in [-0.25, -0.2) is 0 Å². The molecule has 0 saturated heterocycles. The predicted octanol–water partition coefficient (Wildman–Crippen LogP) is 8.07. The van der Waals surface area contributed by atoms with Crippen LogP contribution in [0.5, 0.6) is 0 Å². The number of rotatable bonds is 14. The molecule has 0 unspecified atom stereocenters. The van der Waals surface area contributed by atoms with Crippen LogP contribution in [0.4, 0.5) is 13.2 Å². The summed E-state index contributed by atoms with van der Waals surface area (Å²) in [7, 11) is 3.76. The van der Waals surface area contributed by atoms with E-state index in [1.807, 2.05) is 85.2 Å². The third kappa shape index (κ3) is 10.2. The van der Waals surface area contributed by atoms with Crippen molar-refractivity contribution in [2.75, 3.05) is 27.2 Å². The van der Waals surface area contributed by atoms with Gasteiger partial charge in [0.15, 0.2) is 0 Å². The molecule has 1 atom stereocenters. The molecule has 0 bridgehead atoms. The molecule has 3 aromatic carbocycles. The van der Waals surface area contributed by atoms with Crippen molar-refractivity contribution in [1.29, 1.82) is 0 Å². The van der Waals surface area contributed by atoms with Crippen molar-refractivity contribution < 1.29 is 22.8 Å². The summed E-state index contributed by atoms with van der Waals surface area (Å²) in [4.78, 5) is 38.2. The summed E-state index contributed by atoms with van der Waals surface area (Å²) >= 11 is 1.64. The lowest BCUT2D eigenvalue weighted by Crippen LogP contribution is -2.51. The maximum atomic E-state index is 14.3. The van der Waals surface area contributed by atoms with Gasteiger partial charge < -0.3 is 14.7 Å². The van der Waals surface area contributed by atoms with Crippen molar-refractivity contribution in [2.45, 2.75) is 31.7 Å². The van der Waals surface area contributed by atoms with Gasteiger partial charge in [-0.3, -0.25) is 14.6 Å². The highest BCUT2D eigenvalue weighted by Crippen LogP contribution is 2.29. The maximum Gasteiger partial charge on any atom is 0.416 e. The summed E-state index contributed by atoms with van der Waals surface area (Å²) in [6, 6.07) is 28.7. The SMILES string of the molecule is CN(CCN(C)C(=O)[C@H](Cc1ccccc1)N(Cc1ccc(-c2ccccn2)cc1)C(=O)C=Cc1ccc(C(F)(F)F)cc1)Cc1ccsc1. The van der Waals surface area contributed by atoms with Gasteiger partial charge in [0, 0.05) is 57.5 Å². The first-order chi connectivity index (χ1) is 24.1. The highest BCUT2D eigenvalue weighted by Gasteiger charge is 2.32. The molecule has 5 rings (SSSR count). The Bertz CT molecular complexity index is 1830. The summed E-state index contributed by atoms with van der Waals surface area (Å²) < 4.78 is 39.4. The van der Waals surface area contributed by atoms with Gasteiger partial charge in [0.05, 0.1) is 11.3 Å². The molecule has 0 aliphatic rings. The number of likely N-dealkylation sites (N-methyl/N-ethyl adjacent to an activating group) is 2. The minimum absolute atomic E-state index is 0.133. The summed E-state index contributed by atoms with van der Waals surface area (Å²) in [5, 5.41) is 4.14. The molecule has 2 amide bonds. The van der Waals surface area contributed by atoms with E-state index in [1.54, 1.807) is 34.4 Å². The monoisotopic (exact) mass is 696 g/mol. The average molecular weight is 697 g/mol. The standard InChI is InChI=1S/C40H39F3N4O2S/c1-45(27-33-21-25-50-29-33)23-24-46(2)39(49)37(26-31-8-4-3-5-9-31)47(28-32-11-16-34(17-12-32)36-10-6-7-22-44-36)38(48)20-15-30-13-18-35(19-14-30)40(41,42)43/h3-22,25,29,37H,23-24,26-28H2,1-2H3/t37-/m0/s1. The lowest BCUT2D eigenvalue weighted by atomic mass is 10.0. The zero-order chi connectivity index (χ0) is 35.5. The summed E-state index contributed by atoms with van der Waals surface area (Å²) in [5.41, 5.74) is 4.30. The summed E-state index contributed by atoms with van der Waals surface area (Å²) in [6.07, 6.45) is 0.345. The number of alkyl halides is 3. The smallest absolute Gasteiger partial charge is 0.343 e. The molecule has 0 spiro atoms. The number of thiophene rings is 1. The zero-order valence-corrected chi connectivity index (χ0v) is 28.8. The number of pyridine rings is 1. The normalized spacial score (nSPS) is 12.3. The molecule has 0 fully saturated rings. The Balaban J connectivity index is 1.43. The number of amides is 2. The number of nitrogens with zero attached hydrogens (tertiary/aromatic N) is 4. The molecule has 0 N–H and O–H groups in total. The molecular weight excluding hydrogens is 658 g/mol. The Hall–Kier alpha value is -5.06. The number of carbonyl (C=O) groups is 2. The number of carbonyl (C=O) groups excluding carboxylic acids is 2. The first kappa shape index (κ1) is 36.2. The van der Waals surface area contributed by atoms with Crippen LogP contribution in [-0.4, -0.2) is 64.7 Å². The zero-order valence-electron chi connectivity index (χ0n) is 28.0. The average Bonchev–Trinajstić information content (AvgIpc) is 3.64. The second-order valence-electron chi connectivity index (χ2n) is 12.2. The molecule has 0 aliphatic carbocycles. The van der Waals surface area contributed by atoms with Crippen LogP contribution in [0.15, 0.2) is 126 Å². The van der Waals surface area contributed by atoms with E-state index in [0.29, 0.717) is 18.7 Å². The van der Waals surface area contributed by atoms with Crippen molar-refractivity contribution in [3.63, 3.8) is 0 Å². The largest absolute Gasteiger partial charge is 0.416 e. The fourth-order valence-electron chi connectivity index (χ4n) is 5.53. The lowest BCUT2D eigenvalue weighted by molar-refractivity contribution is -0.143. The molecule has 10 heteroatoms. The van der Waals surface area contributed by atoms with Crippen LogP contribution >= 0.6 is 11.3 Å². The first-order valence-corrected chi connectivity index (χ1v) is 17.2. The molecule has 50 heavy (non-hydrogen) atoms. The lowest BCUT2D eigenvalue weighted by Gasteiger charge is -2.34. The van der Waals surface area contributed by atoms with Crippen molar-refractivity contribution in [3.05, 3.63) is 154 Å².